The van der Waals surface area contributed by atoms with Gasteiger partial charge in [-0.3, -0.25) is 0 Å². The first-order valence-corrected chi connectivity index (χ1v) is 3.55. The lowest BCUT2D eigenvalue weighted by molar-refractivity contribution is 0.264. The Morgan fingerprint density at radius 2 is 2.55 bits per heavy atom. The highest BCUT2D eigenvalue weighted by atomic mass is 16.3. The number of nitrogens with zero attached hydrogens (tertiary/aromatic N) is 2. The number of aromatic nitrogens is 2. The summed E-state index contributed by atoms with van der Waals surface area (Å²) in [5.41, 5.74) is 6.44. The molecule has 0 amide bonds. The predicted octanol–water partition coefficient (Wildman–Crippen LogP) is -0.718. The Morgan fingerprint density at radius 1 is 1.82 bits per heavy atom. The number of nitrogens with two attached hydrogens (primary N) is 1. The largest absolute Gasteiger partial charge is 0.395 e. The minimum atomic E-state index is -0.190. The van der Waals surface area contributed by atoms with Crippen molar-refractivity contribution in [2.45, 2.75) is 12.5 Å². The van der Waals surface area contributed by atoms with Crippen LogP contribution in [-0.4, -0.2) is 27.3 Å². The van der Waals surface area contributed by atoms with Gasteiger partial charge in [-0.1, -0.05) is 0 Å². The third-order valence-corrected chi connectivity index (χ3v) is 1.46. The van der Waals surface area contributed by atoms with E-state index in [1.165, 1.54) is 0 Å². The average molecular weight is 155 g/mol. The average Bonchev–Trinajstić information content (AvgIpc) is 2.35. The molecule has 4 nitrogen and oxygen atoms in total. The molecule has 0 saturated heterocycles. The Hall–Kier alpha value is -0.870. The van der Waals surface area contributed by atoms with Crippen molar-refractivity contribution >= 4 is 0 Å². The van der Waals surface area contributed by atoms with Crippen LogP contribution in [0.5, 0.6) is 0 Å². The van der Waals surface area contributed by atoms with E-state index in [1.807, 2.05) is 17.8 Å². The van der Waals surface area contributed by atoms with Gasteiger partial charge in [0, 0.05) is 25.7 Å². The fourth-order valence-electron chi connectivity index (χ4n) is 0.906. The molecule has 1 atom stereocenters. The molecular formula is C7H13N3O. The number of aryl methyl sites for hydroxylation is 1. The Kier molecular flexibility index (Phi) is 2.62. The first-order valence-electron chi connectivity index (χ1n) is 3.55. The molecular weight excluding hydrogens is 142 g/mol. The van der Waals surface area contributed by atoms with Crippen molar-refractivity contribution in [1.29, 1.82) is 0 Å². The molecule has 0 saturated carbocycles. The first-order chi connectivity index (χ1) is 5.22. The molecule has 0 aliphatic heterocycles. The zero-order valence-electron chi connectivity index (χ0n) is 6.57. The van der Waals surface area contributed by atoms with Crippen molar-refractivity contribution in [3.8, 4) is 0 Å². The zero-order chi connectivity index (χ0) is 8.27. The first kappa shape index (κ1) is 8.23. The second-order valence-corrected chi connectivity index (χ2v) is 2.68. The summed E-state index contributed by atoms with van der Waals surface area (Å²) < 4.78 is 1.86. The summed E-state index contributed by atoms with van der Waals surface area (Å²) in [5.74, 6) is 0. The Balaban J connectivity index is 2.50. The second-order valence-electron chi connectivity index (χ2n) is 2.68. The van der Waals surface area contributed by atoms with Crippen LogP contribution < -0.4 is 5.73 Å². The molecule has 4 heteroatoms. The van der Waals surface area contributed by atoms with Gasteiger partial charge in [0.2, 0.25) is 0 Å². The third kappa shape index (κ3) is 2.32. The fraction of sp³-hybridized carbons (Fsp3) is 0.571. The van der Waals surface area contributed by atoms with Gasteiger partial charge in [-0.2, -0.15) is 0 Å². The van der Waals surface area contributed by atoms with Gasteiger partial charge < -0.3 is 15.4 Å². The van der Waals surface area contributed by atoms with E-state index >= 15 is 0 Å². The number of aliphatic hydroxyl groups excluding tert-OH is 1. The highest BCUT2D eigenvalue weighted by Crippen LogP contribution is 1.97. The van der Waals surface area contributed by atoms with E-state index in [0.29, 0.717) is 6.42 Å². The molecule has 0 fully saturated rings. The summed E-state index contributed by atoms with van der Waals surface area (Å²) in [6, 6.07) is -0.190. The van der Waals surface area contributed by atoms with Crippen LogP contribution in [0.15, 0.2) is 12.5 Å². The van der Waals surface area contributed by atoms with Crippen molar-refractivity contribution in [2.75, 3.05) is 6.61 Å². The highest BCUT2D eigenvalue weighted by Gasteiger charge is 2.03. The number of imidazole rings is 1. The van der Waals surface area contributed by atoms with Crippen LogP contribution in [0.2, 0.25) is 0 Å². The summed E-state index contributed by atoms with van der Waals surface area (Å²) in [5, 5.41) is 8.64. The van der Waals surface area contributed by atoms with E-state index in [4.69, 9.17) is 10.8 Å². The monoisotopic (exact) mass is 155 g/mol. The van der Waals surface area contributed by atoms with Gasteiger partial charge in [-0.25, -0.2) is 4.98 Å². The van der Waals surface area contributed by atoms with Crippen molar-refractivity contribution < 1.29 is 5.11 Å². The molecule has 0 spiro atoms. The molecule has 3 N–H and O–H groups in total. The maximum absolute atomic E-state index is 8.64. The van der Waals surface area contributed by atoms with E-state index < -0.39 is 0 Å². The van der Waals surface area contributed by atoms with Gasteiger partial charge in [-0.15, -0.1) is 0 Å². The van der Waals surface area contributed by atoms with Gasteiger partial charge in [0.15, 0.2) is 0 Å². The molecule has 11 heavy (non-hydrogen) atoms. The minimum absolute atomic E-state index is 0.0105. The van der Waals surface area contributed by atoms with Gasteiger partial charge in [0.05, 0.1) is 18.6 Å². The van der Waals surface area contributed by atoms with Crippen molar-refractivity contribution in [3.05, 3.63) is 18.2 Å². The normalized spacial score (nSPS) is 13.4. The lowest BCUT2D eigenvalue weighted by Crippen LogP contribution is -2.26. The van der Waals surface area contributed by atoms with Gasteiger partial charge in [-0.05, 0) is 0 Å². The minimum Gasteiger partial charge on any atom is -0.395 e. The Bertz CT molecular complexity index is 221. The predicted molar refractivity (Wildman–Crippen MR) is 42.0 cm³/mol. The van der Waals surface area contributed by atoms with Crippen LogP contribution in [0.4, 0.5) is 0 Å². The molecule has 0 radical (unpaired) electrons. The molecule has 1 aromatic heterocycles. The van der Waals surface area contributed by atoms with Gasteiger partial charge in [0.1, 0.15) is 0 Å². The molecule has 0 aliphatic carbocycles. The smallest absolute Gasteiger partial charge is 0.0946 e. The highest BCUT2D eigenvalue weighted by molar-refractivity contribution is 4.98. The van der Waals surface area contributed by atoms with Crippen molar-refractivity contribution in [3.63, 3.8) is 0 Å². The van der Waals surface area contributed by atoms with Gasteiger partial charge in [0.25, 0.3) is 0 Å². The van der Waals surface area contributed by atoms with Crippen LogP contribution in [0, 0.1) is 0 Å². The quantitative estimate of drug-likeness (QED) is 0.605. The molecule has 1 aromatic rings. The molecule has 0 aromatic carbocycles. The zero-order valence-corrected chi connectivity index (χ0v) is 6.57. The van der Waals surface area contributed by atoms with Crippen molar-refractivity contribution in [1.82, 2.24) is 9.55 Å². The van der Waals surface area contributed by atoms with E-state index in [2.05, 4.69) is 4.98 Å². The maximum atomic E-state index is 8.64. The van der Waals surface area contributed by atoms with Crippen molar-refractivity contribution in [2.24, 2.45) is 12.8 Å². The Labute approximate surface area is 65.7 Å². The second kappa shape index (κ2) is 3.50. The molecule has 1 rings (SSSR count). The van der Waals surface area contributed by atoms with E-state index in [-0.39, 0.29) is 12.6 Å². The fourth-order valence-corrected chi connectivity index (χ4v) is 0.906. The van der Waals surface area contributed by atoms with E-state index in [0.717, 1.165) is 5.69 Å². The molecule has 1 heterocycles. The molecule has 0 aliphatic rings. The number of hydrogen-bond donors (Lipinski definition) is 2. The van der Waals surface area contributed by atoms with Crippen LogP contribution >= 0.6 is 0 Å². The van der Waals surface area contributed by atoms with E-state index in [9.17, 15) is 0 Å². The summed E-state index contributed by atoms with van der Waals surface area (Å²) in [6.45, 7) is 0.0105. The Morgan fingerprint density at radius 3 is 3.00 bits per heavy atom. The number of hydrogen-bond acceptors (Lipinski definition) is 3. The lowest BCUT2D eigenvalue weighted by Gasteiger charge is -2.03. The van der Waals surface area contributed by atoms with Crippen LogP contribution in [-0.2, 0) is 13.5 Å². The lowest BCUT2D eigenvalue weighted by atomic mass is 10.2. The number of rotatable bonds is 3. The SMILES string of the molecule is Cn1cnc(C[C@@H](N)CO)c1. The maximum Gasteiger partial charge on any atom is 0.0946 e. The molecule has 62 valence electrons. The van der Waals surface area contributed by atoms with Crippen LogP contribution in [0.3, 0.4) is 0 Å². The summed E-state index contributed by atoms with van der Waals surface area (Å²) in [7, 11) is 1.90. The van der Waals surface area contributed by atoms with Gasteiger partial charge >= 0.3 is 0 Å². The van der Waals surface area contributed by atoms with Crippen LogP contribution in [0.25, 0.3) is 0 Å². The van der Waals surface area contributed by atoms with E-state index in [1.54, 1.807) is 6.33 Å². The summed E-state index contributed by atoms with van der Waals surface area (Å²) in [4.78, 5) is 4.08. The topological polar surface area (TPSA) is 64.1 Å². The summed E-state index contributed by atoms with van der Waals surface area (Å²) in [6.07, 6.45) is 4.26. The summed E-state index contributed by atoms with van der Waals surface area (Å²) >= 11 is 0. The number of aliphatic hydroxyl groups is 1. The van der Waals surface area contributed by atoms with Crippen LogP contribution in [0.1, 0.15) is 5.69 Å². The molecule has 0 bridgehead atoms. The third-order valence-electron chi connectivity index (χ3n) is 1.46. The molecule has 0 unspecified atom stereocenters. The standard InChI is InChI=1S/C7H13N3O/c1-10-3-7(9-5-10)2-6(8)4-11/h3,5-6,11H,2,4,8H2,1H3/t6-/m1/s1.